The predicted molar refractivity (Wildman–Crippen MR) is 112 cm³/mol. The zero-order chi connectivity index (χ0) is 20.6. The molecule has 158 valence electrons. The van der Waals surface area contributed by atoms with Crippen LogP contribution in [0.3, 0.4) is 0 Å². The van der Waals surface area contributed by atoms with Crippen molar-refractivity contribution in [2.24, 2.45) is 11.8 Å². The second-order valence-electron chi connectivity index (χ2n) is 8.23. The number of hydrogen-bond donors (Lipinski definition) is 1. The van der Waals surface area contributed by atoms with E-state index in [-0.39, 0.29) is 12.0 Å². The van der Waals surface area contributed by atoms with Crippen LogP contribution < -0.4 is 0 Å². The summed E-state index contributed by atoms with van der Waals surface area (Å²) in [5.41, 5.74) is 2.00. The Kier molecular flexibility index (Phi) is 7.87. The molecule has 3 rings (SSSR count). The van der Waals surface area contributed by atoms with Gasteiger partial charge in [0.15, 0.2) is 5.89 Å². The third-order valence-corrected chi connectivity index (χ3v) is 6.03. The number of carboxylic acids is 1. The summed E-state index contributed by atoms with van der Waals surface area (Å²) in [6, 6.07) is 9.92. The van der Waals surface area contributed by atoms with Crippen molar-refractivity contribution < 1.29 is 19.1 Å². The van der Waals surface area contributed by atoms with Gasteiger partial charge >= 0.3 is 5.97 Å². The highest BCUT2D eigenvalue weighted by atomic mass is 16.5. The molecule has 1 N–H and O–H groups in total. The summed E-state index contributed by atoms with van der Waals surface area (Å²) in [5.74, 6) is 1.14. The highest BCUT2D eigenvalue weighted by molar-refractivity contribution is 5.70. The normalized spacial score (nSPS) is 20.5. The lowest BCUT2D eigenvalue weighted by Gasteiger charge is -2.29. The summed E-state index contributed by atoms with van der Waals surface area (Å²) in [4.78, 5) is 16.2. The molecule has 1 heterocycles. The highest BCUT2D eigenvalue weighted by Gasteiger charge is 2.26. The van der Waals surface area contributed by atoms with E-state index in [2.05, 4.69) is 4.98 Å². The average Bonchev–Trinajstić information content (AvgIpc) is 3.10. The first-order valence-electron chi connectivity index (χ1n) is 10.9. The second-order valence-corrected chi connectivity index (χ2v) is 8.23. The molecule has 0 aliphatic heterocycles. The molecule has 3 atom stereocenters. The maximum Gasteiger partial charge on any atom is 0.306 e. The first-order chi connectivity index (χ1) is 14.0. The predicted octanol–water partition coefficient (Wildman–Crippen LogP) is 5.34. The van der Waals surface area contributed by atoms with Crippen LogP contribution in [0.1, 0.15) is 68.4 Å². The van der Waals surface area contributed by atoms with Crippen LogP contribution in [-0.2, 0) is 29.0 Å². The van der Waals surface area contributed by atoms with E-state index in [0.29, 0.717) is 18.9 Å². The van der Waals surface area contributed by atoms with Gasteiger partial charge in [-0.1, -0.05) is 50.1 Å². The molecular formula is C24H33NO4. The van der Waals surface area contributed by atoms with Gasteiger partial charge in [0.2, 0.25) is 0 Å². The Bertz CT molecular complexity index is 770. The Morgan fingerprint density at radius 3 is 2.79 bits per heavy atom. The van der Waals surface area contributed by atoms with Gasteiger partial charge in [-0.2, -0.15) is 0 Å². The number of aromatic nitrogens is 1. The lowest BCUT2D eigenvalue weighted by Crippen LogP contribution is -2.24. The third kappa shape index (κ3) is 6.43. The summed E-state index contributed by atoms with van der Waals surface area (Å²) in [6.07, 6.45) is 7.69. The fourth-order valence-corrected chi connectivity index (χ4v) is 4.27. The van der Waals surface area contributed by atoms with E-state index in [1.54, 1.807) is 0 Å². The number of hydrogen-bond acceptors (Lipinski definition) is 4. The van der Waals surface area contributed by atoms with Crippen LogP contribution in [0.25, 0.3) is 0 Å². The summed E-state index contributed by atoms with van der Waals surface area (Å²) in [6.45, 7) is 4.47. The standard InChI is InChI=1S/C24H33NO4/c1-3-23-25-22(17(2)29-23)16-28-21-11-7-10-19(15-21)12-13-20(24(26)27)14-18-8-5-4-6-9-18/h4-6,8-9,19-21H,3,7,10-16H2,1-2H3,(H,26,27). The molecule has 29 heavy (non-hydrogen) atoms. The molecule has 1 aromatic heterocycles. The van der Waals surface area contributed by atoms with Crippen molar-refractivity contribution in [3.8, 4) is 0 Å². The molecule has 1 fully saturated rings. The fourth-order valence-electron chi connectivity index (χ4n) is 4.27. The SMILES string of the molecule is CCc1nc(COC2CCCC(CCC(Cc3ccccc3)C(=O)O)C2)c(C)o1. The summed E-state index contributed by atoms with van der Waals surface area (Å²) in [5, 5.41) is 9.63. The van der Waals surface area contributed by atoms with Gasteiger partial charge in [-0.3, -0.25) is 4.79 Å². The molecule has 0 saturated heterocycles. The molecule has 0 amide bonds. The molecule has 0 radical (unpaired) electrons. The molecule has 5 heteroatoms. The molecule has 1 saturated carbocycles. The van der Waals surface area contributed by atoms with Crippen molar-refractivity contribution >= 4 is 5.97 Å². The molecule has 1 aliphatic rings. The monoisotopic (exact) mass is 399 g/mol. The van der Waals surface area contributed by atoms with E-state index in [1.807, 2.05) is 44.2 Å². The summed E-state index contributed by atoms with van der Waals surface area (Å²) < 4.78 is 11.8. The van der Waals surface area contributed by atoms with Crippen LogP contribution in [0.5, 0.6) is 0 Å². The third-order valence-electron chi connectivity index (χ3n) is 6.03. The zero-order valence-electron chi connectivity index (χ0n) is 17.6. The van der Waals surface area contributed by atoms with E-state index in [9.17, 15) is 9.90 Å². The van der Waals surface area contributed by atoms with Gasteiger partial charge in [0.05, 0.1) is 18.6 Å². The molecular weight excluding hydrogens is 366 g/mol. The van der Waals surface area contributed by atoms with Gasteiger partial charge in [-0.05, 0) is 50.5 Å². The number of aryl methyl sites for hydroxylation is 2. The van der Waals surface area contributed by atoms with Crippen LogP contribution in [0, 0.1) is 18.8 Å². The smallest absolute Gasteiger partial charge is 0.306 e. The minimum absolute atomic E-state index is 0.229. The van der Waals surface area contributed by atoms with Crippen LogP contribution >= 0.6 is 0 Å². The first kappa shape index (κ1) is 21.6. The Morgan fingerprint density at radius 2 is 2.10 bits per heavy atom. The number of ether oxygens (including phenoxy) is 1. The van der Waals surface area contributed by atoms with E-state index in [0.717, 1.165) is 61.4 Å². The Balaban J connectivity index is 1.47. The first-order valence-corrected chi connectivity index (χ1v) is 10.9. The van der Waals surface area contributed by atoms with Crippen LogP contribution in [-0.4, -0.2) is 22.2 Å². The number of oxazole rings is 1. The number of carboxylic acid groups (broad SMARTS) is 1. The van der Waals surface area contributed by atoms with E-state index in [1.165, 1.54) is 6.42 Å². The molecule has 1 aromatic carbocycles. The van der Waals surface area contributed by atoms with Crippen molar-refractivity contribution in [2.75, 3.05) is 0 Å². The van der Waals surface area contributed by atoms with Crippen molar-refractivity contribution in [1.82, 2.24) is 4.98 Å². The van der Waals surface area contributed by atoms with Gasteiger partial charge in [-0.15, -0.1) is 0 Å². The molecule has 2 aromatic rings. The molecule has 0 bridgehead atoms. The van der Waals surface area contributed by atoms with Gasteiger partial charge < -0.3 is 14.3 Å². The summed E-state index contributed by atoms with van der Waals surface area (Å²) in [7, 11) is 0. The van der Waals surface area contributed by atoms with Crippen LogP contribution in [0.2, 0.25) is 0 Å². The molecule has 5 nitrogen and oxygen atoms in total. The second kappa shape index (κ2) is 10.6. The van der Waals surface area contributed by atoms with Crippen molar-refractivity contribution in [1.29, 1.82) is 0 Å². The highest BCUT2D eigenvalue weighted by Crippen LogP contribution is 2.32. The zero-order valence-corrected chi connectivity index (χ0v) is 17.6. The van der Waals surface area contributed by atoms with Gasteiger partial charge in [-0.25, -0.2) is 4.98 Å². The van der Waals surface area contributed by atoms with Crippen LogP contribution in [0.4, 0.5) is 0 Å². The van der Waals surface area contributed by atoms with Crippen LogP contribution in [0.15, 0.2) is 34.7 Å². The molecule has 0 spiro atoms. The Labute approximate surface area is 173 Å². The van der Waals surface area contributed by atoms with E-state index in [4.69, 9.17) is 9.15 Å². The lowest BCUT2D eigenvalue weighted by atomic mass is 9.81. The molecule has 1 aliphatic carbocycles. The van der Waals surface area contributed by atoms with Crippen molar-refractivity contribution in [3.63, 3.8) is 0 Å². The largest absolute Gasteiger partial charge is 0.481 e. The fraction of sp³-hybridized carbons (Fsp3) is 0.583. The van der Waals surface area contributed by atoms with E-state index >= 15 is 0 Å². The Morgan fingerprint density at radius 1 is 1.31 bits per heavy atom. The van der Waals surface area contributed by atoms with Gasteiger partial charge in [0, 0.05) is 6.42 Å². The average molecular weight is 400 g/mol. The Hall–Kier alpha value is -2.14. The maximum absolute atomic E-state index is 11.7. The van der Waals surface area contributed by atoms with Gasteiger partial charge in [0.1, 0.15) is 11.5 Å². The topological polar surface area (TPSA) is 72.6 Å². The van der Waals surface area contributed by atoms with Gasteiger partial charge in [0.25, 0.3) is 0 Å². The van der Waals surface area contributed by atoms with E-state index < -0.39 is 5.97 Å². The number of aliphatic carboxylic acids is 1. The number of benzene rings is 1. The summed E-state index contributed by atoms with van der Waals surface area (Å²) >= 11 is 0. The van der Waals surface area contributed by atoms with Crippen molar-refractivity contribution in [3.05, 3.63) is 53.2 Å². The minimum Gasteiger partial charge on any atom is -0.481 e. The number of nitrogens with zero attached hydrogens (tertiary/aromatic N) is 1. The number of rotatable bonds is 10. The lowest BCUT2D eigenvalue weighted by molar-refractivity contribution is -0.142. The molecule has 3 unspecified atom stereocenters. The maximum atomic E-state index is 11.7. The quantitative estimate of drug-likeness (QED) is 0.583. The number of carbonyl (C=O) groups is 1. The minimum atomic E-state index is -0.689. The van der Waals surface area contributed by atoms with Crippen molar-refractivity contribution in [2.45, 2.75) is 77.9 Å².